The third-order valence-electron chi connectivity index (χ3n) is 2.49. The standard InChI is InChI=1S/C11H18O4/c1-4-5-10(8-13-9-12-3)11(2)14-6-7-15-11/h1,10H,5-9H2,2-3H3. The lowest BCUT2D eigenvalue weighted by Crippen LogP contribution is -2.38. The quantitative estimate of drug-likeness (QED) is 0.375. The maximum absolute atomic E-state index is 5.55. The summed E-state index contributed by atoms with van der Waals surface area (Å²) >= 11 is 0. The fourth-order valence-electron chi connectivity index (χ4n) is 1.58. The van der Waals surface area contributed by atoms with Gasteiger partial charge < -0.3 is 18.9 Å². The normalized spacial score (nSPS) is 21.1. The van der Waals surface area contributed by atoms with Crippen molar-refractivity contribution in [3.63, 3.8) is 0 Å². The summed E-state index contributed by atoms with van der Waals surface area (Å²) in [7, 11) is 1.58. The Balaban J connectivity index is 2.45. The molecule has 0 amide bonds. The maximum atomic E-state index is 5.55. The summed E-state index contributed by atoms with van der Waals surface area (Å²) in [4.78, 5) is 0. The Kier molecular flexibility index (Phi) is 5.06. The van der Waals surface area contributed by atoms with Gasteiger partial charge in [0.1, 0.15) is 6.79 Å². The molecule has 4 heteroatoms. The lowest BCUT2D eigenvalue weighted by atomic mass is 9.97. The van der Waals surface area contributed by atoms with E-state index in [9.17, 15) is 0 Å². The monoisotopic (exact) mass is 214 g/mol. The molecule has 1 rings (SSSR count). The van der Waals surface area contributed by atoms with E-state index in [1.807, 2.05) is 6.92 Å². The van der Waals surface area contributed by atoms with Crippen LogP contribution in [-0.2, 0) is 18.9 Å². The van der Waals surface area contributed by atoms with Crippen molar-refractivity contribution in [3.05, 3.63) is 0 Å². The molecule has 1 aliphatic rings. The molecule has 0 aliphatic carbocycles. The highest BCUT2D eigenvalue weighted by molar-refractivity contribution is 4.92. The van der Waals surface area contributed by atoms with Crippen LogP contribution >= 0.6 is 0 Å². The van der Waals surface area contributed by atoms with Crippen LogP contribution in [0.1, 0.15) is 13.3 Å². The van der Waals surface area contributed by atoms with Gasteiger partial charge in [-0.05, 0) is 6.92 Å². The van der Waals surface area contributed by atoms with Crippen molar-refractivity contribution in [2.45, 2.75) is 19.1 Å². The van der Waals surface area contributed by atoms with Gasteiger partial charge in [0.25, 0.3) is 0 Å². The Morgan fingerprint density at radius 3 is 2.67 bits per heavy atom. The topological polar surface area (TPSA) is 36.9 Å². The van der Waals surface area contributed by atoms with Crippen molar-refractivity contribution >= 4 is 0 Å². The van der Waals surface area contributed by atoms with Crippen LogP contribution in [0.25, 0.3) is 0 Å². The molecule has 0 aromatic heterocycles. The van der Waals surface area contributed by atoms with Crippen LogP contribution in [0.5, 0.6) is 0 Å². The Hall–Kier alpha value is -0.600. The average molecular weight is 214 g/mol. The number of hydrogen-bond acceptors (Lipinski definition) is 4. The molecular formula is C11H18O4. The van der Waals surface area contributed by atoms with Gasteiger partial charge in [-0.2, -0.15) is 0 Å². The van der Waals surface area contributed by atoms with E-state index in [-0.39, 0.29) is 12.7 Å². The molecule has 1 fully saturated rings. The molecule has 15 heavy (non-hydrogen) atoms. The van der Waals surface area contributed by atoms with E-state index < -0.39 is 5.79 Å². The number of methoxy groups -OCH3 is 1. The van der Waals surface area contributed by atoms with E-state index >= 15 is 0 Å². The molecule has 86 valence electrons. The van der Waals surface area contributed by atoms with Gasteiger partial charge >= 0.3 is 0 Å². The van der Waals surface area contributed by atoms with Gasteiger partial charge in [0.05, 0.1) is 19.8 Å². The van der Waals surface area contributed by atoms with E-state index in [1.54, 1.807) is 7.11 Å². The number of rotatable bonds is 6. The third-order valence-corrected chi connectivity index (χ3v) is 2.49. The predicted molar refractivity (Wildman–Crippen MR) is 55.1 cm³/mol. The van der Waals surface area contributed by atoms with Crippen LogP contribution in [-0.4, -0.2) is 39.5 Å². The minimum Gasteiger partial charge on any atom is -0.359 e. The van der Waals surface area contributed by atoms with Gasteiger partial charge in [0.15, 0.2) is 5.79 Å². The van der Waals surface area contributed by atoms with E-state index in [2.05, 4.69) is 5.92 Å². The van der Waals surface area contributed by atoms with E-state index in [0.29, 0.717) is 26.2 Å². The Morgan fingerprint density at radius 2 is 2.13 bits per heavy atom. The van der Waals surface area contributed by atoms with Crippen LogP contribution in [0.4, 0.5) is 0 Å². The maximum Gasteiger partial charge on any atom is 0.171 e. The molecule has 1 atom stereocenters. The zero-order valence-corrected chi connectivity index (χ0v) is 9.32. The van der Waals surface area contributed by atoms with Gasteiger partial charge in [-0.3, -0.25) is 0 Å². The van der Waals surface area contributed by atoms with Gasteiger partial charge in [-0.25, -0.2) is 0 Å². The van der Waals surface area contributed by atoms with Crippen molar-refractivity contribution in [2.75, 3.05) is 33.7 Å². The molecule has 0 aromatic rings. The minimum atomic E-state index is -0.611. The van der Waals surface area contributed by atoms with Crippen LogP contribution in [0.2, 0.25) is 0 Å². The first-order valence-electron chi connectivity index (χ1n) is 5.01. The van der Waals surface area contributed by atoms with Crippen LogP contribution in [0.3, 0.4) is 0 Å². The van der Waals surface area contributed by atoms with Gasteiger partial charge in [-0.15, -0.1) is 12.3 Å². The van der Waals surface area contributed by atoms with Crippen LogP contribution in [0.15, 0.2) is 0 Å². The second kappa shape index (κ2) is 6.09. The zero-order chi connectivity index (χ0) is 11.1. The van der Waals surface area contributed by atoms with Crippen molar-refractivity contribution in [1.29, 1.82) is 0 Å². The van der Waals surface area contributed by atoms with Gasteiger partial charge in [0, 0.05) is 19.4 Å². The van der Waals surface area contributed by atoms with Crippen molar-refractivity contribution in [2.24, 2.45) is 5.92 Å². The molecule has 1 aliphatic heterocycles. The number of hydrogen-bond donors (Lipinski definition) is 0. The fourth-order valence-corrected chi connectivity index (χ4v) is 1.58. The summed E-state index contributed by atoms with van der Waals surface area (Å²) in [6.07, 6.45) is 5.88. The molecule has 0 saturated carbocycles. The van der Waals surface area contributed by atoms with Gasteiger partial charge in [-0.1, -0.05) is 0 Å². The third kappa shape index (κ3) is 3.47. The molecule has 1 unspecified atom stereocenters. The number of terminal acetylenes is 1. The average Bonchev–Trinajstić information content (AvgIpc) is 2.65. The lowest BCUT2D eigenvalue weighted by Gasteiger charge is -2.30. The molecular weight excluding hydrogens is 196 g/mol. The van der Waals surface area contributed by atoms with Crippen molar-refractivity contribution < 1.29 is 18.9 Å². The second-order valence-electron chi connectivity index (χ2n) is 3.60. The largest absolute Gasteiger partial charge is 0.359 e. The van der Waals surface area contributed by atoms with Gasteiger partial charge in [0.2, 0.25) is 0 Å². The minimum absolute atomic E-state index is 0.0418. The fraction of sp³-hybridized carbons (Fsp3) is 0.818. The number of ether oxygens (including phenoxy) is 4. The Bertz CT molecular complexity index is 215. The summed E-state index contributed by atoms with van der Waals surface area (Å²) < 4.78 is 21.2. The van der Waals surface area contributed by atoms with E-state index in [4.69, 9.17) is 25.4 Å². The summed E-state index contributed by atoms with van der Waals surface area (Å²) in [5.74, 6) is 2.05. The molecule has 0 bridgehead atoms. The highest BCUT2D eigenvalue weighted by atomic mass is 16.7. The second-order valence-corrected chi connectivity index (χ2v) is 3.60. The molecule has 1 saturated heterocycles. The SMILES string of the molecule is C#CCC(COCOC)C1(C)OCCO1. The first-order chi connectivity index (χ1) is 7.23. The highest BCUT2D eigenvalue weighted by Crippen LogP contribution is 2.30. The van der Waals surface area contributed by atoms with Crippen molar-refractivity contribution in [3.8, 4) is 12.3 Å². The first-order valence-corrected chi connectivity index (χ1v) is 5.01. The highest BCUT2D eigenvalue weighted by Gasteiger charge is 2.39. The molecule has 0 aromatic carbocycles. The Labute approximate surface area is 90.8 Å². The Morgan fingerprint density at radius 1 is 1.47 bits per heavy atom. The molecule has 0 spiro atoms. The summed E-state index contributed by atoms with van der Waals surface area (Å²) in [5, 5.41) is 0. The van der Waals surface area contributed by atoms with E-state index in [0.717, 1.165) is 0 Å². The summed E-state index contributed by atoms with van der Waals surface area (Å²) in [6, 6.07) is 0. The molecule has 4 nitrogen and oxygen atoms in total. The molecule has 0 N–H and O–H groups in total. The zero-order valence-electron chi connectivity index (χ0n) is 9.32. The lowest BCUT2D eigenvalue weighted by molar-refractivity contribution is -0.198. The van der Waals surface area contributed by atoms with Crippen LogP contribution < -0.4 is 0 Å². The van der Waals surface area contributed by atoms with Crippen molar-refractivity contribution in [1.82, 2.24) is 0 Å². The smallest absolute Gasteiger partial charge is 0.171 e. The van der Waals surface area contributed by atoms with Crippen LogP contribution in [0, 0.1) is 18.3 Å². The van der Waals surface area contributed by atoms with E-state index in [1.165, 1.54) is 0 Å². The molecule has 0 radical (unpaired) electrons. The molecule has 1 heterocycles. The summed E-state index contributed by atoms with van der Waals surface area (Å²) in [5.41, 5.74) is 0. The predicted octanol–water partition coefficient (Wildman–Crippen LogP) is 1.01. The summed E-state index contributed by atoms with van der Waals surface area (Å²) in [6.45, 7) is 3.87. The first kappa shape index (κ1) is 12.5.